The maximum absolute atomic E-state index is 9.58. The minimum absolute atomic E-state index is 0.246. The van der Waals surface area contributed by atoms with E-state index in [9.17, 15) is 5.11 Å². The average Bonchev–Trinajstić information content (AvgIpc) is 3.16. The van der Waals surface area contributed by atoms with Gasteiger partial charge in [0.2, 0.25) is 5.78 Å². The second-order valence-corrected chi connectivity index (χ2v) is 5.36. The maximum atomic E-state index is 9.58. The summed E-state index contributed by atoms with van der Waals surface area (Å²) in [5.41, 5.74) is 1.71. The van der Waals surface area contributed by atoms with E-state index in [-0.39, 0.29) is 5.75 Å². The van der Waals surface area contributed by atoms with Crippen LogP contribution in [-0.4, -0.2) is 32.6 Å². The number of nitrogens with zero attached hydrogens (tertiary/aromatic N) is 4. The van der Waals surface area contributed by atoms with Crippen LogP contribution in [-0.2, 0) is 0 Å². The molecule has 0 bridgehead atoms. The molecule has 3 heterocycles. The van der Waals surface area contributed by atoms with Gasteiger partial charge in [0.15, 0.2) is 0 Å². The van der Waals surface area contributed by atoms with Gasteiger partial charge in [0.05, 0.1) is 5.69 Å². The summed E-state index contributed by atoms with van der Waals surface area (Å²) in [6.07, 6.45) is 6.39. The van der Waals surface area contributed by atoms with Crippen molar-refractivity contribution >= 4 is 11.6 Å². The van der Waals surface area contributed by atoms with Gasteiger partial charge < -0.3 is 10.0 Å². The Kier molecular flexibility index (Phi) is 2.77. The minimum Gasteiger partial charge on any atom is -0.508 e. The molecule has 1 saturated heterocycles. The van der Waals surface area contributed by atoms with Gasteiger partial charge >= 0.3 is 0 Å². The van der Waals surface area contributed by atoms with Crippen molar-refractivity contribution in [1.29, 1.82) is 0 Å². The molecular weight excluding hydrogens is 264 g/mol. The molecule has 1 fully saturated rings. The van der Waals surface area contributed by atoms with Crippen LogP contribution in [0.25, 0.3) is 17.0 Å². The number of rotatable bonds is 2. The summed E-state index contributed by atoms with van der Waals surface area (Å²) in [6.45, 7) is 2.15. The van der Waals surface area contributed by atoms with Crippen molar-refractivity contribution in [3.63, 3.8) is 0 Å². The predicted molar refractivity (Wildman–Crippen MR) is 81.5 cm³/mol. The van der Waals surface area contributed by atoms with Gasteiger partial charge in [-0.15, -0.1) is 0 Å². The van der Waals surface area contributed by atoms with Crippen molar-refractivity contribution in [3.05, 3.63) is 42.7 Å². The van der Waals surface area contributed by atoms with Crippen molar-refractivity contribution in [2.24, 2.45) is 0 Å². The molecule has 0 atom stereocenters. The standard InChI is InChI=1S/C16H16N4O/c21-13-5-3-4-12(10-13)14-11-20-9-6-15(18-16(20)17-14)19-7-1-2-8-19/h3-6,9-11,21H,1-2,7-8H2. The molecule has 21 heavy (non-hydrogen) atoms. The minimum atomic E-state index is 0.246. The highest BCUT2D eigenvalue weighted by atomic mass is 16.3. The molecule has 106 valence electrons. The number of benzene rings is 1. The van der Waals surface area contributed by atoms with Crippen molar-refractivity contribution < 1.29 is 5.11 Å². The van der Waals surface area contributed by atoms with Gasteiger partial charge in [0, 0.05) is 31.0 Å². The Balaban J connectivity index is 1.75. The second kappa shape index (κ2) is 4.77. The maximum Gasteiger partial charge on any atom is 0.236 e. The highest BCUT2D eigenvalue weighted by Crippen LogP contribution is 2.24. The fraction of sp³-hybridized carbons (Fsp3) is 0.250. The van der Waals surface area contributed by atoms with E-state index < -0.39 is 0 Å². The Morgan fingerprint density at radius 2 is 1.90 bits per heavy atom. The number of phenolic OH excluding ortho intramolecular Hbond substituents is 1. The zero-order valence-corrected chi connectivity index (χ0v) is 11.6. The van der Waals surface area contributed by atoms with Crippen molar-refractivity contribution in [2.45, 2.75) is 12.8 Å². The lowest BCUT2D eigenvalue weighted by atomic mass is 10.2. The van der Waals surface area contributed by atoms with E-state index in [0.717, 1.165) is 30.2 Å². The lowest BCUT2D eigenvalue weighted by Crippen LogP contribution is -2.19. The number of anilines is 1. The SMILES string of the molecule is Oc1cccc(-c2cn3ccc(N4CCCC4)nc3n2)c1. The van der Waals surface area contributed by atoms with Crippen LogP contribution >= 0.6 is 0 Å². The molecule has 1 N–H and O–H groups in total. The number of aromatic hydroxyl groups is 1. The number of fused-ring (bicyclic) bond motifs is 1. The first-order valence-electron chi connectivity index (χ1n) is 7.20. The lowest BCUT2D eigenvalue weighted by Gasteiger charge is -2.15. The average molecular weight is 280 g/mol. The van der Waals surface area contributed by atoms with Crippen LogP contribution in [0.1, 0.15) is 12.8 Å². The van der Waals surface area contributed by atoms with Crippen LogP contribution in [0.2, 0.25) is 0 Å². The Morgan fingerprint density at radius 1 is 1.05 bits per heavy atom. The number of imidazole rings is 1. The van der Waals surface area contributed by atoms with Crippen LogP contribution in [0.4, 0.5) is 5.82 Å². The zero-order valence-electron chi connectivity index (χ0n) is 11.6. The molecule has 0 spiro atoms. The summed E-state index contributed by atoms with van der Waals surface area (Å²) < 4.78 is 1.92. The van der Waals surface area contributed by atoms with Gasteiger partial charge in [-0.25, -0.2) is 4.98 Å². The topological polar surface area (TPSA) is 53.7 Å². The van der Waals surface area contributed by atoms with Gasteiger partial charge in [-0.2, -0.15) is 4.98 Å². The highest BCUT2D eigenvalue weighted by Gasteiger charge is 2.14. The first kappa shape index (κ1) is 12.2. The van der Waals surface area contributed by atoms with Crippen LogP contribution < -0.4 is 4.90 Å². The number of hydrogen-bond donors (Lipinski definition) is 1. The zero-order chi connectivity index (χ0) is 14.2. The second-order valence-electron chi connectivity index (χ2n) is 5.36. The highest BCUT2D eigenvalue weighted by molar-refractivity contribution is 5.63. The third kappa shape index (κ3) is 2.20. The molecule has 1 aliphatic rings. The Labute approximate surface area is 122 Å². The van der Waals surface area contributed by atoms with E-state index >= 15 is 0 Å². The van der Waals surface area contributed by atoms with E-state index in [1.165, 1.54) is 12.8 Å². The number of phenols is 1. The fourth-order valence-electron chi connectivity index (χ4n) is 2.79. The molecule has 2 aromatic heterocycles. The molecule has 0 aliphatic carbocycles. The van der Waals surface area contributed by atoms with Gasteiger partial charge in [-0.3, -0.25) is 4.40 Å². The number of hydrogen-bond acceptors (Lipinski definition) is 4. The summed E-state index contributed by atoms with van der Waals surface area (Å²) in [6, 6.07) is 9.15. The van der Waals surface area contributed by atoms with E-state index in [4.69, 9.17) is 0 Å². The quantitative estimate of drug-likeness (QED) is 0.784. The molecule has 0 radical (unpaired) electrons. The van der Waals surface area contributed by atoms with Gasteiger partial charge in [-0.05, 0) is 31.0 Å². The normalized spacial score (nSPS) is 15.0. The van der Waals surface area contributed by atoms with E-state index in [2.05, 4.69) is 14.9 Å². The summed E-state index contributed by atoms with van der Waals surface area (Å²) in [4.78, 5) is 11.5. The molecule has 3 aromatic rings. The third-order valence-corrected chi connectivity index (χ3v) is 3.88. The molecule has 0 saturated carbocycles. The molecule has 5 heteroatoms. The Bertz CT molecular complexity index is 790. The Morgan fingerprint density at radius 3 is 2.71 bits per heavy atom. The molecule has 1 aromatic carbocycles. The van der Waals surface area contributed by atoms with Gasteiger partial charge in [0.1, 0.15) is 11.6 Å². The lowest BCUT2D eigenvalue weighted by molar-refractivity contribution is 0.475. The molecule has 0 unspecified atom stereocenters. The summed E-state index contributed by atoms with van der Waals surface area (Å²) in [5, 5.41) is 9.58. The molecule has 0 amide bonds. The van der Waals surface area contributed by atoms with Gasteiger partial charge in [0.25, 0.3) is 0 Å². The smallest absolute Gasteiger partial charge is 0.236 e. The van der Waals surface area contributed by atoms with E-state index in [1.807, 2.05) is 35.0 Å². The van der Waals surface area contributed by atoms with Crippen molar-refractivity contribution in [1.82, 2.24) is 14.4 Å². The molecule has 5 nitrogen and oxygen atoms in total. The largest absolute Gasteiger partial charge is 0.508 e. The summed E-state index contributed by atoms with van der Waals surface area (Å²) in [5.74, 6) is 1.93. The van der Waals surface area contributed by atoms with Crippen molar-refractivity contribution in [3.8, 4) is 17.0 Å². The molecular formula is C16H16N4O. The molecule has 4 rings (SSSR count). The van der Waals surface area contributed by atoms with E-state index in [0.29, 0.717) is 5.78 Å². The van der Waals surface area contributed by atoms with Crippen molar-refractivity contribution in [2.75, 3.05) is 18.0 Å². The Hall–Kier alpha value is -2.56. The van der Waals surface area contributed by atoms with Crippen LogP contribution in [0.3, 0.4) is 0 Å². The van der Waals surface area contributed by atoms with Crippen LogP contribution in [0, 0.1) is 0 Å². The number of aromatic nitrogens is 3. The van der Waals surface area contributed by atoms with Crippen LogP contribution in [0.5, 0.6) is 5.75 Å². The monoisotopic (exact) mass is 280 g/mol. The first-order chi connectivity index (χ1) is 10.3. The summed E-state index contributed by atoms with van der Waals surface area (Å²) >= 11 is 0. The van der Waals surface area contributed by atoms with Gasteiger partial charge in [-0.1, -0.05) is 12.1 Å². The molecule has 1 aliphatic heterocycles. The fourth-order valence-corrected chi connectivity index (χ4v) is 2.79. The first-order valence-corrected chi connectivity index (χ1v) is 7.20. The van der Waals surface area contributed by atoms with Crippen LogP contribution in [0.15, 0.2) is 42.7 Å². The van der Waals surface area contributed by atoms with E-state index in [1.54, 1.807) is 12.1 Å². The predicted octanol–water partition coefficient (Wildman–Crippen LogP) is 2.70. The summed E-state index contributed by atoms with van der Waals surface area (Å²) in [7, 11) is 0. The third-order valence-electron chi connectivity index (χ3n) is 3.88.